The Bertz CT molecular complexity index is 183. The minimum Gasteiger partial charge on any atom is -0.325 e. The maximum Gasteiger partial charge on any atom is 0.263 e. The fourth-order valence-electron chi connectivity index (χ4n) is 2.37. The standard InChI is InChI=1S/C9H17F2N/c1-7(2)6(8(7,3)4)9(10,11)5-12/h6H,5,12H2,1-4H3. The van der Waals surface area contributed by atoms with Gasteiger partial charge in [0.25, 0.3) is 5.92 Å². The van der Waals surface area contributed by atoms with Crippen molar-refractivity contribution in [2.75, 3.05) is 6.54 Å². The van der Waals surface area contributed by atoms with Crippen LogP contribution >= 0.6 is 0 Å². The van der Waals surface area contributed by atoms with Crippen molar-refractivity contribution < 1.29 is 8.78 Å². The summed E-state index contributed by atoms with van der Waals surface area (Å²) in [6.45, 7) is 6.97. The SMILES string of the molecule is CC1(C)C(C(F)(F)CN)C1(C)C. The number of hydrogen-bond acceptors (Lipinski definition) is 1. The van der Waals surface area contributed by atoms with E-state index in [4.69, 9.17) is 5.73 Å². The zero-order chi connectivity index (χ0) is 9.78. The maximum atomic E-state index is 13.2. The highest BCUT2D eigenvalue weighted by molar-refractivity contribution is 5.17. The van der Waals surface area contributed by atoms with Crippen molar-refractivity contribution in [1.29, 1.82) is 0 Å². The Labute approximate surface area is 72.3 Å². The molecule has 0 unspecified atom stereocenters. The lowest BCUT2D eigenvalue weighted by atomic mass is 10.0. The molecular weight excluding hydrogens is 160 g/mol. The van der Waals surface area contributed by atoms with E-state index in [1.54, 1.807) is 0 Å². The highest BCUT2D eigenvalue weighted by Gasteiger charge is 2.73. The van der Waals surface area contributed by atoms with Crippen LogP contribution in [-0.2, 0) is 0 Å². The van der Waals surface area contributed by atoms with Crippen molar-refractivity contribution in [3.05, 3.63) is 0 Å². The molecule has 0 aromatic rings. The van der Waals surface area contributed by atoms with Crippen LogP contribution in [-0.4, -0.2) is 12.5 Å². The topological polar surface area (TPSA) is 26.0 Å². The number of hydrogen-bond donors (Lipinski definition) is 1. The molecule has 1 aliphatic rings. The molecule has 72 valence electrons. The van der Waals surface area contributed by atoms with Crippen molar-refractivity contribution >= 4 is 0 Å². The molecule has 1 aliphatic carbocycles. The van der Waals surface area contributed by atoms with Crippen molar-refractivity contribution in [3.63, 3.8) is 0 Å². The van der Waals surface area contributed by atoms with Gasteiger partial charge in [-0.3, -0.25) is 0 Å². The number of alkyl halides is 2. The molecule has 0 aromatic carbocycles. The molecule has 1 nitrogen and oxygen atoms in total. The number of rotatable bonds is 2. The Morgan fingerprint density at radius 3 is 1.58 bits per heavy atom. The molecule has 0 aliphatic heterocycles. The molecule has 1 fully saturated rings. The van der Waals surface area contributed by atoms with Crippen LogP contribution < -0.4 is 5.73 Å². The van der Waals surface area contributed by atoms with Gasteiger partial charge in [-0.25, -0.2) is 8.78 Å². The molecule has 0 amide bonds. The molecule has 0 bridgehead atoms. The van der Waals surface area contributed by atoms with Crippen LogP contribution in [0.15, 0.2) is 0 Å². The Hall–Kier alpha value is -0.180. The molecule has 3 heteroatoms. The maximum absolute atomic E-state index is 13.2. The van der Waals surface area contributed by atoms with Gasteiger partial charge in [0.05, 0.1) is 6.54 Å². The first-order valence-corrected chi connectivity index (χ1v) is 4.26. The Kier molecular flexibility index (Phi) is 1.81. The molecule has 2 N–H and O–H groups in total. The summed E-state index contributed by atoms with van der Waals surface area (Å²) in [5.41, 5.74) is 4.48. The third kappa shape index (κ3) is 0.987. The fourth-order valence-corrected chi connectivity index (χ4v) is 2.37. The molecule has 0 atom stereocenters. The molecule has 0 saturated heterocycles. The van der Waals surface area contributed by atoms with Crippen LogP contribution in [0.3, 0.4) is 0 Å². The van der Waals surface area contributed by atoms with Gasteiger partial charge in [-0.05, 0) is 10.8 Å². The van der Waals surface area contributed by atoms with E-state index < -0.39 is 18.4 Å². The smallest absolute Gasteiger partial charge is 0.263 e. The summed E-state index contributed by atoms with van der Waals surface area (Å²) in [6.07, 6.45) is 0. The highest BCUT2D eigenvalue weighted by atomic mass is 19.3. The van der Waals surface area contributed by atoms with Crippen molar-refractivity contribution in [2.45, 2.75) is 33.6 Å². The van der Waals surface area contributed by atoms with Gasteiger partial charge in [0.2, 0.25) is 0 Å². The van der Waals surface area contributed by atoms with Crippen LogP contribution in [0, 0.1) is 16.7 Å². The quantitative estimate of drug-likeness (QED) is 0.688. The summed E-state index contributed by atoms with van der Waals surface area (Å²) in [6, 6.07) is 0. The average Bonchev–Trinajstić information content (AvgIpc) is 2.25. The summed E-state index contributed by atoms with van der Waals surface area (Å²) < 4.78 is 26.4. The summed E-state index contributed by atoms with van der Waals surface area (Å²) in [4.78, 5) is 0. The average molecular weight is 177 g/mol. The van der Waals surface area contributed by atoms with Crippen molar-refractivity contribution in [3.8, 4) is 0 Å². The van der Waals surface area contributed by atoms with Crippen LogP contribution in [0.5, 0.6) is 0 Å². The molecule has 1 rings (SSSR count). The lowest BCUT2D eigenvalue weighted by molar-refractivity contribution is -0.0302. The van der Waals surface area contributed by atoms with Gasteiger partial charge in [0.1, 0.15) is 0 Å². The summed E-state index contributed by atoms with van der Waals surface area (Å²) in [5, 5.41) is 0. The first-order valence-electron chi connectivity index (χ1n) is 4.26. The highest BCUT2D eigenvalue weighted by Crippen LogP contribution is 2.72. The molecule has 1 saturated carbocycles. The van der Waals surface area contributed by atoms with Gasteiger partial charge in [0, 0.05) is 5.92 Å². The second-order valence-electron chi connectivity index (χ2n) is 4.84. The molecule has 0 radical (unpaired) electrons. The Balaban J connectivity index is 2.84. The van der Waals surface area contributed by atoms with Crippen LogP contribution in [0.2, 0.25) is 0 Å². The lowest BCUT2D eigenvalue weighted by Crippen LogP contribution is -2.32. The van der Waals surface area contributed by atoms with E-state index in [2.05, 4.69) is 0 Å². The zero-order valence-electron chi connectivity index (χ0n) is 8.12. The van der Waals surface area contributed by atoms with E-state index in [-0.39, 0.29) is 10.8 Å². The van der Waals surface area contributed by atoms with E-state index >= 15 is 0 Å². The fraction of sp³-hybridized carbons (Fsp3) is 1.00. The van der Waals surface area contributed by atoms with Crippen LogP contribution in [0.1, 0.15) is 27.7 Å². The minimum absolute atomic E-state index is 0.282. The first-order chi connectivity index (χ1) is 5.18. The summed E-state index contributed by atoms with van der Waals surface area (Å²) in [5.74, 6) is -3.27. The Morgan fingerprint density at radius 1 is 1.17 bits per heavy atom. The monoisotopic (exact) mass is 177 g/mol. The largest absolute Gasteiger partial charge is 0.325 e. The Morgan fingerprint density at radius 2 is 1.50 bits per heavy atom. The van der Waals surface area contributed by atoms with E-state index in [1.807, 2.05) is 27.7 Å². The van der Waals surface area contributed by atoms with Crippen LogP contribution in [0.25, 0.3) is 0 Å². The zero-order valence-corrected chi connectivity index (χ0v) is 8.12. The van der Waals surface area contributed by atoms with Gasteiger partial charge >= 0.3 is 0 Å². The van der Waals surface area contributed by atoms with Crippen molar-refractivity contribution in [2.24, 2.45) is 22.5 Å². The van der Waals surface area contributed by atoms with E-state index in [9.17, 15) is 8.78 Å². The van der Waals surface area contributed by atoms with E-state index in [0.29, 0.717) is 0 Å². The molecule has 0 heterocycles. The normalized spacial score (nSPS) is 27.2. The lowest BCUT2D eigenvalue weighted by Gasteiger charge is -2.15. The first kappa shape index (κ1) is 9.90. The third-order valence-electron chi connectivity index (χ3n) is 3.72. The summed E-state index contributed by atoms with van der Waals surface area (Å²) >= 11 is 0. The second-order valence-corrected chi connectivity index (χ2v) is 4.84. The predicted molar refractivity (Wildman–Crippen MR) is 45.1 cm³/mol. The predicted octanol–water partition coefficient (Wildman–Crippen LogP) is 2.26. The molecule has 0 aromatic heterocycles. The molecular formula is C9H17F2N. The van der Waals surface area contributed by atoms with Gasteiger partial charge in [-0.2, -0.15) is 0 Å². The second kappa shape index (κ2) is 2.19. The minimum atomic E-state index is -2.70. The van der Waals surface area contributed by atoms with Gasteiger partial charge in [-0.15, -0.1) is 0 Å². The van der Waals surface area contributed by atoms with Crippen molar-refractivity contribution in [1.82, 2.24) is 0 Å². The molecule has 0 spiro atoms. The number of halogens is 2. The molecule has 12 heavy (non-hydrogen) atoms. The van der Waals surface area contributed by atoms with Gasteiger partial charge in [-0.1, -0.05) is 27.7 Å². The number of nitrogens with two attached hydrogens (primary N) is 1. The third-order valence-corrected chi connectivity index (χ3v) is 3.72. The van der Waals surface area contributed by atoms with Crippen LogP contribution in [0.4, 0.5) is 8.78 Å². The van der Waals surface area contributed by atoms with E-state index in [0.717, 1.165) is 0 Å². The van der Waals surface area contributed by atoms with Gasteiger partial charge in [0.15, 0.2) is 0 Å². The van der Waals surface area contributed by atoms with E-state index in [1.165, 1.54) is 0 Å². The summed E-state index contributed by atoms with van der Waals surface area (Å²) in [7, 11) is 0. The van der Waals surface area contributed by atoms with Gasteiger partial charge < -0.3 is 5.73 Å².